The van der Waals surface area contributed by atoms with Gasteiger partial charge >= 0.3 is 5.97 Å². The van der Waals surface area contributed by atoms with E-state index in [2.05, 4.69) is 17.1 Å². The molecule has 2 heterocycles. The van der Waals surface area contributed by atoms with Crippen molar-refractivity contribution in [2.75, 3.05) is 20.1 Å². The first kappa shape index (κ1) is 13.8. The highest BCUT2D eigenvalue weighted by Gasteiger charge is 2.39. The summed E-state index contributed by atoms with van der Waals surface area (Å²) in [5.41, 5.74) is -0.850. The lowest BCUT2D eigenvalue weighted by molar-refractivity contribution is -0.145. The summed E-state index contributed by atoms with van der Waals surface area (Å²) < 4.78 is 5.81. The lowest BCUT2D eigenvalue weighted by atomic mass is 9.93. The fourth-order valence-electron chi connectivity index (χ4n) is 3.02. The molecule has 2 aliphatic rings. The third-order valence-electron chi connectivity index (χ3n) is 4.42. The molecule has 104 valence electrons. The molecule has 0 radical (unpaired) electrons. The van der Waals surface area contributed by atoms with Crippen molar-refractivity contribution >= 4 is 5.97 Å². The van der Waals surface area contributed by atoms with Crippen LogP contribution in [-0.4, -0.2) is 59.9 Å². The lowest BCUT2D eigenvalue weighted by Gasteiger charge is -2.39. The Morgan fingerprint density at radius 1 is 1.50 bits per heavy atom. The normalized spacial score (nSPS) is 33.1. The largest absolute Gasteiger partial charge is 0.480 e. The summed E-state index contributed by atoms with van der Waals surface area (Å²) in [5, 5.41) is 12.2. The second kappa shape index (κ2) is 5.15. The van der Waals surface area contributed by atoms with Crippen molar-refractivity contribution in [1.29, 1.82) is 0 Å². The Morgan fingerprint density at radius 3 is 2.50 bits per heavy atom. The number of ether oxygens (including phenoxy) is 1. The molecule has 5 heteroatoms. The fourth-order valence-corrected chi connectivity index (χ4v) is 3.02. The zero-order valence-electron chi connectivity index (χ0n) is 11.5. The van der Waals surface area contributed by atoms with Crippen molar-refractivity contribution in [3.63, 3.8) is 0 Å². The Hall–Kier alpha value is -0.650. The van der Waals surface area contributed by atoms with Crippen LogP contribution in [-0.2, 0) is 9.53 Å². The molecular weight excluding hydrogens is 232 g/mol. The molecular formula is C13H24N2O3. The Labute approximate surface area is 108 Å². The van der Waals surface area contributed by atoms with E-state index in [0.29, 0.717) is 18.6 Å². The van der Waals surface area contributed by atoms with Crippen molar-refractivity contribution < 1.29 is 14.6 Å². The number of likely N-dealkylation sites (N-methyl/N-ethyl adjacent to an activating group) is 1. The number of nitrogens with one attached hydrogen (secondary N) is 1. The van der Waals surface area contributed by atoms with Crippen LogP contribution in [0.15, 0.2) is 0 Å². The highest BCUT2D eigenvalue weighted by molar-refractivity contribution is 5.78. The van der Waals surface area contributed by atoms with Crippen molar-refractivity contribution in [2.24, 2.45) is 0 Å². The summed E-state index contributed by atoms with van der Waals surface area (Å²) in [4.78, 5) is 13.7. The first-order chi connectivity index (χ1) is 8.44. The molecule has 0 aromatic rings. The second-order valence-electron chi connectivity index (χ2n) is 5.85. The van der Waals surface area contributed by atoms with E-state index in [1.807, 2.05) is 0 Å². The summed E-state index contributed by atoms with van der Waals surface area (Å²) in [7, 11) is 1.71. The molecule has 0 amide bonds. The van der Waals surface area contributed by atoms with Crippen LogP contribution in [0, 0.1) is 0 Å². The summed E-state index contributed by atoms with van der Waals surface area (Å²) in [5.74, 6) is -0.784. The Bertz CT molecular complexity index is 311. The number of hydrogen-bond acceptors (Lipinski definition) is 4. The molecule has 4 unspecified atom stereocenters. The molecule has 0 aromatic carbocycles. The molecule has 4 atom stereocenters. The third-order valence-corrected chi connectivity index (χ3v) is 4.42. The van der Waals surface area contributed by atoms with Gasteiger partial charge in [-0.2, -0.15) is 0 Å². The Kier molecular flexibility index (Phi) is 3.94. The predicted molar refractivity (Wildman–Crippen MR) is 68.6 cm³/mol. The van der Waals surface area contributed by atoms with Gasteiger partial charge in [0.1, 0.15) is 5.54 Å². The van der Waals surface area contributed by atoms with Gasteiger partial charge in [0.15, 0.2) is 0 Å². The van der Waals surface area contributed by atoms with Crippen LogP contribution < -0.4 is 5.32 Å². The van der Waals surface area contributed by atoms with Crippen LogP contribution >= 0.6 is 0 Å². The van der Waals surface area contributed by atoms with Gasteiger partial charge in [-0.05, 0) is 40.2 Å². The SMILES string of the molecule is CNC(C)(CC(C)N1CC2CCC(C1)O2)C(=O)O. The molecule has 2 fully saturated rings. The van der Waals surface area contributed by atoms with Gasteiger partial charge in [-0.1, -0.05) is 0 Å². The molecule has 0 aromatic heterocycles. The number of hydrogen-bond donors (Lipinski definition) is 2. The zero-order valence-corrected chi connectivity index (χ0v) is 11.5. The van der Waals surface area contributed by atoms with Crippen molar-refractivity contribution in [2.45, 2.75) is 56.9 Å². The van der Waals surface area contributed by atoms with Gasteiger partial charge < -0.3 is 15.2 Å². The smallest absolute Gasteiger partial charge is 0.323 e. The fraction of sp³-hybridized carbons (Fsp3) is 0.923. The van der Waals surface area contributed by atoms with Crippen molar-refractivity contribution in [1.82, 2.24) is 10.2 Å². The molecule has 2 saturated heterocycles. The minimum absolute atomic E-state index is 0.255. The van der Waals surface area contributed by atoms with Crippen LogP contribution in [0.5, 0.6) is 0 Å². The number of rotatable bonds is 5. The van der Waals surface area contributed by atoms with Crippen LogP contribution in [0.4, 0.5) is 0 Å². The van der Waals surface area contributed by atoms with Crippen molar-refractivity contribution in [3.8, 4) is 0 Å². The Morgan fingerprint density at radius 2 is 2.06 bits per heavy atom. The van der Waals surface area contributed by atoms with E-state index in [4.69, 9.17) is 4.74 Å². The first-order valence-corrected chi connectivity index (χ1v) is 6.76. The van der Waals surface area contributed by atoms with Gasteiger partial charge in [0.25, 0.3) is 0 Å². The maximum atomic E-state index is 11.3. The molecule has 5 nitrogen and oxygen atoms in total. The van der Waals surface area contributed by atoms with Gasteiger partial charge in [0, 0.05) is 19.1 Å². The van der Waals surface area contributed by atoms with Crippen LogP contribution in [0.1, 0.15) is 33.1 Å². The minimum atomic E-state index is -0.850. The Balaban J connectivity index is 1.95. The molecule has 0 saturated carbocycles. The van der Waals surface area contributed by atoms with Gasteiger partial charge in [-0.3, -0.25) is 9.69 Å². The van der Waals surface area contributed by atoms with E-state index in [1.54, 1.807) is 14.0 Å². The molecule has 2 aliphatic heterocycles. The summed E-state index contributed by atoms with van der Waals surface area (Å²) in [6.07, 6.45) is 3.62. The van der Waals surface area contributed by atoms with Crippen LogP contribution in [0.2, 0.25) is 0 Å². The number of likely N-dealkylation sites (tertiary alicyclic amines) is 1. The third kappa shape index (κ3) is 2.68. The molecule has 2 N–H and O–H groups in total. The standard InChI is InChI=1S/C13H24N2O3/c1-9(6-13(2,14-3)12(16)17)15-7-10-4-5-11(8-15)18-10/h9-11,14H,4-8H2,1-3H3,(H,16,17). The molecule has 2 rings (SSSR count). The number of carbonyl (C=O) groups is 1. The van der Waals surface area contributed by atoms with E-state index in [1.165, 1.54) is 0 Å². The van der Waals surface area contributed by atoms with Crippen LogP contribution in [0.3, 0.4) is 0 Å². The predicted octanol–water partition coefficient (Wildman–Crippen LogP) is 0.691. The lowest BCUT2D eigenvalue weighted by Crippen LogP contribution is -2.54. The minimum Gasteiger partial charge on any atom is -0.480 e. The number of nitrogens with zero attached hydrogens (tertiary/aromatic N) is 1. The van der Waals surface area contributed by atoms with E-state index < -0.39 is 11.5 Å². The first-order valence-electron chi connectivity index (χ1n) is 6.76. The number of carboxylic acid groups (broad SMARTS) is 1. The number of fused-ring (bicyclic) bond motifs is 2. The molecule has 2 bridgehead atoms. The van der Waals surface area contributed by atoms with Gasteiger partial charge in [0.05, 0.1) is 12.2 Å². The maximum Gasteiger partial charge on any atom is 0.323 e. The number of morpholine rings is 1. The molecule has 0 aliphatic carbocycles. The monoisotopic (exact) mass is 256 g/mol. The second-order valence-corrected chi connectivity index (χ2v) is 5.85. The van der Waals surface area contributed by atoms with E-state index in [0.717, 1.165) is 25.9 Å². The number of aliphatic carboxylic acids is 1. The average molecular weight is 256 g/mol. The number of carboxylic acids is 1. The maximum absolute atomic E-state index is 11.3. The average Bonchev–Trinajstić information content (AvgIpc) is 2.67. The zero-order chi connectivity index (χ0) is 13.3. The molecule has 0 spiro atoms. The van der Waals surface area contributed by atoms with Crippen molar-refractivity contribution in [3.05, 3.63) is 0 Å². The highest BCUT2D eigenvalue weighted by atomic mass is 16.5. The summed E-state index contributed by atoms with van der Waals surface area (Å²) in [6.45, 7) is 5.75. The highest BCUT2D eigenvalue weighted by Crippen LogP contribution is 2.29. The van der Waals surface area contributed by atoms with Gasteiger partial charge in [-0.25, -0.2) is 0 Å². The topological polar surface area (TPSA) is 61.8 Å². The summed E-state index contributed by atoms with van der Waals surface area (Å²) >= 11 is 0. The van der Waals surface area contributed by atoms with E-state index in [9.17, 15) is 9.90 Å². The van der Waals surface area contributed by atoms with E-state index in [-0.39, 0.29) is 6.04 Å². The van der Waals surface area contributed by atoms with Gasteiger partial charge in [-0.15, -0.1) is 0 Å². The summed E-state index contributed by atoms with van der Waals surface area (Å²) in [6, 6.07) is 0.255. The van der Waals surface area contributed by atoms with Crippen LogP contribution in [0.25, 0.3) is 0 Å². The molecule has 18 heavy (non-hydrogen) atoms. The van der Waals surface area contributed by atoms with E-state index >= 15 is 0 Å². The quantitative estimate of drug-likeness (QED) is 0.758. The van der Waals surface area contributed by atoms with Gasteiger partial charge in [0.2, 0.25) is 0 Å².